The molecular weight excluding hydrogens is 585 g/mol. The van der Waals surface area contributed by atoms with Gasteiger partial charge in [0.2, 0.25) is 21.8 Å². The average Bonchev–Trinajstić information content (AvgIpc) is 2.91. The molecule has 2 amide bonds. The third-order valence-corrected chi connectivity index (χ3v) is 8.04. The Bertz CT molecular complexity index is 1430. The summed E-state index contributed by atoms with van der Waals surface area (Å²) < 4.78 is 32.7. The molecule has 0 radical (unpaired) electrons. The molecule has 1 atom stereocenters. The number of para-hydroxylation sites is 2. The Balaban J connectivity index is 2.13. The summed E-state index contributed by atoms with van der Waals surface area (Å²) in [5.74, 6) is -0.689. The fraction of sp³-hybridized carbons (Fsp3) is 0.333. The molecule has 0 aliphatic rings. The van der Waals surface area contributed by atoms with Crippen LogP contribution in [0.4, 0.5) is 5.69 Å². The quantitative estimate of drug-likeness (QED) is 0.279. The maximum absolute atomic E-state index is 14.2. The number of carbonyl (C=O) groups is 2. The molecule has 3 rings (SSSR count). The lowest BCUT2D eigenvalue weighted by atomic mass is 10.0. The van der Waals surface area contributed by atoms with Crippen LogP contribution in [0.2, 0.25) is 10.0 Å². The maximum atomic E-state index is 14.2. The van der Waals surface area contributed by atoms with Crippen LogP contribution < -0.4 is 14.4 Å². The van der Waals surface area contributed by atoms with E-state index in [4.69, 9.17) is 27.9 Å². The Morgan fingerprint density at radius 2 is 1.54 bits per heavy atom. The second kappa shape index (κ2) is 14.6. The molecule has 0 fully saturated rings. The number of nitrogens with one attached hydrogen (secondary N) is 1. The molecule has 8 nitrogen and oxygen atoms in total. The summed E-state index contributed by atoms with van der Waals surface area (Å²) in [5, 5.41) is 3.54. The zero-order chi connectivity index (χ0) is 30.2. The highest BCUT2D eigenvalue weighted by Gasteiger charge is 2.34. The summed E-state index contributed by atoms with van der Waals surface area (Å²) in [5.41, 5.74) is 1.48. The van der Waals surface area contributed by atoms with Crippen LogP contribution in [0, 0.1) is 0 Å². The lowest BCUT2D eigenvalue weighted by molar-refractivity contribution is -0.140. The minimum absolute atomic E-state index is 0.120. The average molecular weight is 621 g/mol. The molecule has 0 aliphatic heterocycles. The van der Waals surface area contributed by atoms with Crippen molar-refractivity contribution in [3.63, 3.8) is 0 Å². The van der Waals surface area contributed by atoms with Crippen molar-refractivity contribution in [2.75, 3.05) is 23.7 Å². The lowest BCUT2D eigenvalue weighted by Gasteiger charge is -2.34. The molecule has 0 spiro atoms. The van der Waals surface area contributed by atoms with Gasteiger partial charge in [-0.2, -0.15) is 0 Å². The molecule has 0 unspecified atom stereocenters. The Hall–Kier alpha value is -3.27. The van der Waals surface area contributed by atoms with Crippen LogP contribution in [-0.2, 0) is 32.6 Å². The van der Waals surface area contributed by atoms with Gasteiger partial charge in [0.25, 0.3) is 0 Å². The van der Waals surface area contributed by atoms with E-state index in [2.05, 4.69) is 5.32 Å². The molecule has 41 heavy (non-hydrogen) atoms. The monoisotopic (exact) mass is 619 g/mol. The Kier molecular flexibility index (Phi) is 11.5. The third-order valence-electron chi connectivity index (χ3n) is 6.21. The van der Waals surface area contributed by atoms with Crippen molar-refractivity contribution in [3.05, 3.63) is 94.0 Å². The van der Waals surface area contributed by atoms with Crippen LogP contribution in [-0.4, -0.2) is 56.6 Å². The highest BCUT2D eigenvalue weighted by atomic mass is 35.5. The fourth-order valence-electron chi connectivity index (χ4n) is 4.32. The molecule has 0 aliphatic carbocycles. The van der Waals surface area contributed by atoms with Crippen molar-refractivity contribution < 1.29 is 22.7 Å². The van der Waals surface area contributed by atoms with E-state index < -0.39 is 28.5 Å². The number of hydrogen-bond donors (Lipinski definition) is 1. The molecule has 0 aromatic heterocycles. The van der Waals surface area contributed by atoms with E-state index in [0.29, 0.717) is 28.0 Å². The number of carbonyl (C=O) groups excluding carboxylic acids is 2. The van der Waals surface area contributed by atoms with Crippen molar-refractivity contribution in [3.8, 4) is 5.75 Å². The number of amides is 2. The first-order chi connectivity index (χ1) is 19.4. The van der Waals surface area contributed by atoms with E-state index in [1.807, 2.05) is 44.2 Å². The second-order valence-corrected chi connectivity index (χ2v) is 12.5. The van der Waals surface area contributed by atoms with Gasteiger partial charge >= 0.3 is 0 Å². The summed E-state index contributed by atoms with van der Waals surface area (Å²) in [6.07, 6.45) is 1.20. The van der Waals surface area contributed by atoms with Gasteiger partial charge in [-0.15, -0.1) is 0 Å². The van der Waals surface area contributed by atoms with E-state index in [9.17, 15) is 18.0 Å². The van der Waals surface area contributed by atoms with Crippen LogP contribution in [0.5, 0.6) is 5.75 Å². The number of rotatable bonds is 13. The summed E-state index contributed by atoms with van der Waals surface area (Å²) in [7, 11) is -3.95. The largest absolute Gasteiger partial charge is 0.492 e. The van der Waals surface area contributed by atoms with Gasteiger partial charge in [0.05, 0.1) is 18.6 Å². The number of halogens is 2. The van der Waals surface area contributed by atoms with Crippen LogP contribution >= 0.6 is 23.2 Å². The van der Waals surface area contributed by atoms with Crippen molar-refractivity contribution in [1.29, 1.82) is 0 Å². The zero-order valence-corrected chi connectivity index (χ0v) is 25.8. The first-order valence-electron chi connectivity index (χ1n) is 13.2. The van der Waals surface area contributed by atoms with Crippen LogP contribution in [0.15, 0.2) is 72.8 Å². The topological polar surface area (TPSA) is 96.0 Å². The molecule has 0 heterocycles. The molecule has 0 bridgehead atoms. The summed E-state index contributed by atoms with van der Waals surface area (Å²) >= 11 is 13.0. The zero-order valence-electron chi connectivity index (χ0n) is 23.5. The van der Waals surface area contributed by atoms with E-state index >= 15 is 0 Å². The first kappa shape index (κ1) is 32.2. The molecule has 0 saturated heterocycles. The smallest absolute Gasteiger partial charge is 0.244 e. The van der Waals surface area contributed by atoms with Crippen LogP contribution in [0.3, 0.4) is 0 Å². The lowest BCUT2D eigenvalue weighted by Crippen LogP contribution is -2.54. The van der Waals surface area contributed by atoms with Gasteiger partial charge in [-0.05, 0) is 50.6 Å². The van der Waals surface area contributed by atoms with E-state index in [0.717, 1.165) is 16.1 Å². The van der Waals surface area contributed by atoms with Crippen LogP contribution in [0.1, 0.15) is 31.9 Å². The number of sulfonamides is 1. The number of ether oxygens (including phenoxy) is 1. The molecule has 11 heteroatoms. The van der Waals surface area contributed by atoms with Crippen molar-refractivity contribution >= 4 is 50.7 Å². The van der Waals surface area contributed by atoms with Gasteiger partial charge in [-0.1, -0.05) is 71.7 Å². The third kappa shape index (κ3) is 8.86. The maximum Gasteiger partial charge on any atom is 0.244 e. The molecular formula is C30H35Cl2N3O5S. The van der Waals surface area contributed by atoms with Gasteiger partial charge < -0.3 is 15.0 Å². The predicted molar refractivity (Wildman–Crippen MR) is 164 cm³/mol. The minimum Gasteiger partial charge on any atom is -0.492 e. The normalized spacial score (nSPS) is 12.1. The van der Waals surface area contributed by atoms with Crippen molar-refractivity contribution in [2.24, 2.45) is 0 Å². The van der Waals surface area contributed by atoms with Crippen molar-refractivity contribution in [2.45, 2.75) is 45.8 Å². The fourth-order valence-corrected chi connectivity index (χ4v) is 5.69. The second-order valence-electron chi connectivity index (χ2n) is 9.76. The number of hydrogen-bond acceptors (Lipinski definition) is 5. The van der Waals surface area contributed by atoms with E-state index in [1.54, 1.807) is 49.4 Å². The van der Waals surface area contributed by atoms with Gasteiger partial charge in [0.1, 0.15) is 18.3 Å². The first-order valence-corrected chi connectivity index (χ1v) is 15.8. The summed E-state index contributed by atoms with van der Waals surface area (Å²) in [4.78, 5) is 29.2. The summed E-state index contributed by atoms with van der Waals surface area (Å²) in [6.45, 7) is 5.03. The molecule has 1 N–H and O–H groups in total. The highest BCUT2D eigenvalue weighted by Crippen LogP contribution is 2.31. The number of nitrogens with zero attached hydrogens (tertiary/aromatic N) is 2. The molecule has 0 saturated carbocycles. The Morgan fingerprint density at radius 3 is 2.12 bits per heavy atom. The molecule has 220 valence electrons. The van der Waals surface area contributed by atoms with Gasteiger partial charge in [-0.25, -0.2) is 8.42 Å². The van der Waals surface area contributed by atoms with Gasteiger partial charge in [0.15, 0.2) is 0 Å². The predicted octanol–water partition coefficient (Wildman–Crippen LogP) is 5.32. The van der Waals surface area contributed by atoms with Crippen molar-refractivity contribution in [1.82, 2.24) is 10.2 Å². The van der Waals surface area contributed by atoms with E-state index in [1.165, 1.54) is 4.90 Å². The Morgan fingerprint density at radius 1 is 0.927 bits per heavy atom. The number of benzene rings is 3. The Labute approximate surface area is 252 Å². The van der Waals surface area contributed by atoms with Crippen LogP contribution in [0.25, 0.3) is 0 Å². The number of anilines is 1. The summed E-state index contributed by atoms with van der Waals surface area (Å²) in [6, 6.07) is 19.6. The molecule has 3 aromatic carbocycles. The highest BCUT2D eigenvalue weighted by molar-refractivity contribution is 7.92. The van der Waals surface area contributed by atoms with Gasteiger partial charge in [-0.3, -0.25) is 13.9 Å². The minimum atomic E-state index is -3.95. The SMILES string of the molecule is CCOc1ccccc1N(CC(=O)N(Cc1c(Cl)cccc1Cl)[C@H](Cc1ccccc1)C(=O)NC(C)C)S(C)(=O)=O. The van der Waals surface area contributed by atoms with E-state index in [-0.39, 0.29) is 30.6 Å². The standard InChI is InChI=1S/C30H35Cl2N3O5S/c1-5-40-28-17-10-9-16-26(28)35(41(4,38)39)20-29(36)34(19-23-24(31)14-11-15-25(23)32)27(30(37)33-21(2)3)18-22-12-7-6-8-13-22/h6-17,21,27H,5,18-20H2,1-4H3,(H,33,37)/t27-/m1/s1. The molecule has 3 aromatic rings. The van der Waals surface area contributed by atoms with Gasteiger partial charge in [0, 0.05) is 34.6 Å².